The van der Waals surface area contributed by atoms with Crippen LogP contribution in [-0.2, 0) is 4.79 Å². The number of hydrogen-bond donors (Lipinski definition) is 1. The van der Waals surface area contributed by atoms with E-state index in [1.165, 1.54) is 16.3 Å². The molecule has 1 amide bonds. The third-order valence-electron chi connectivity index (χ3n) is 5.42. The van der Waals surface area contributed by atoms with E-state index in [4.69, 9.17) is 4.74 Å². The number of anilines is 1. The second kappa shape index (κ2) is 9.50. The van der Waals surface area contributed by atoms with Crippen molar-refractivity contribution in [2.75, 3.05) is 12.4 Å². The van der Waals surface area contributed by atoms with Crippen LogP contribution in [0.15, 0.2) is 64.8 Å². The molecule has 0 fully saturated rings. The minimum atomic E-state index is -0.395. The zero-order chi connectivity index (χ0) is 23.5. The maximum atomic E-state index is 13.1. The molecular weight excluding hydrogens is 438 g/mol. The van der Waals surface area contributed by atoms with Crippen molar-refractivity contribution < 1.29 is 9.53 Å². The third-order valence-corrected chi connectivity index (χ3v) is 6.75. The van der Waals surface area contributed by atoms with Gasteiger partial charge in [-0.25, -0.2) is 0 Å². The lowest BCUT2D eigenvalue weighted by atomic mass is 10.1. The van der Waals surface area contributed by atoms with Crippen LogP contribution in [0.5, 0.6) is 5.75 Å². The third kappa shape index (κ3) is 4.36. The number of thioether (sulfide) groups is 1. The Bertz CT molecular complexity index is 1360. The average Bonchev–Trinajstić information content (AvgIpc) is 3.23. The van der Waals surface area contributed by atoms with Crippen molar-refractivity contribution in [1.82, 2.24) is 19.2 Å². The number of nitrogens with one attached hydrogen (secondary N) is 1. The van der Waals surface area contributed by atoms with Crippen LogP contribution in [0.4, 0.5) is 5.69 Å². The van der Waals surface area contributed by atoms with Crippen molar-refractivity contribution in [1.29, 1.82) is 0 Å². The lowest BCUT2D eigenvalue weighted by Gasteiger charge is -2.16. The Hall–Kier alpha value is -3.59. The van der Waals surface area contributed by atoms with E-state index in [-0.39, 0.29) is 17.1 Å². The molecule has 2 aromatic heterocycles. The fraction of sp³-hybridized carbons (Fsp3) is 0.250. The van der Waals surface area contributed by atoms with Crippen molar-refractivity contribution >= 4 is 29.0 Å². The molecule has 1 atom stereocenters. The second-order valence-electron chi connectivity index (χ2n) is 7.59. The number of nitrogens with zero attached hydrogens (tertiary/aromatic N) is 4. The highest BCUT2D eigenvalue weighted by Crippen LogP contribution is 2.27. The molecule has 0 unspecified atom stereocenters. The number of ether oxygens (including phenoxy) is 1. The minimum Gasteiger partial charge on any atom is -0.495 e. The molecule has 9 heteroatoms. The first kappa shape index (κ1) is 22.6. The summed E-state index contributed by atoms with van der Waals surface area (Å²) in [6.07, 6.45) is 3.97. The van der Waals surface area contributed by atoms with Crippen molar-refractivity contribution in [2.24, 2.45) is 0 Å². The Labute approximate surface area is 195 Å². The molecule has 0 aliphatic rings. The smallest absolute Gasteiger partial charge is 0.300 e. The number of rotatable bonds is 7. The lowest BCUT2D eigenvalue weighted by Crippen LogP contribution is -2.26. The summed E-state index contributed by atoms with van der Waals surface area (Å²) in [7, 11) is 1.56. The van der Waals surface area contributed by atoms with Crippen molar-refractivity contribution in [3.8, 4) is 11.4 Å². The molecule has 0 radical (unpaired) electrons. The molecule has 0 saturated heterocycles. The molecule has 0 aliphatic carbocycles. The normalized spacial score (nSPS) is 12.0. The zero-order valence-corrected chi connectivity index (χ0v) is 19.7. The van der Waals surface area contributed by atoms with Gasteiger partial charge in [0, 0.05) is 18.1 Å². The SMILES string of the molecule is CC[C@H](Sc1nnc2c(=O)n(-c3ccccc3OC)ccn12)C(=O)Nc1c(C)cccc1C. The van der Waals surface area contributed by atoms with Gasteiger partial charge in [-0.1, -0.05) is 49.0 Å². The van der Waals surface area contributed by atoms with Gasteiger partial charge in [0.1, 0.15) is 5.75 Å². The summed E-state index contributed by atoms with van der Waals surface area (Å²) in [5, 5.41) is 11.4. The molecule has 0 saturated carbocycles. The zero-order valence-electron chi connectivity index (χ0n) is 18.9. The average molecular weight is 464 g/mol. The van der Waals surface area contributed by atoms with Crippen LogP contribution < -0.4 is 15.6 Å². The van der Waals surface area contributed by atoms with Crippen molar-refractivity contribution in [3.05, 3.63) is 76.3 Å². The number of para-hydroxylation sites is 3. The maximum Gasteiger partial charge on any atom is 0.300 e. The number of methoxy groups -OCH3 is 1. The molecule has 0 aliphatic heterocycles. The molecule has 2 aromatic carbocycles. The Kier molecular flexibility index (Phi) is 6.50. The highest BCUT2D eigenvalue weighted by molar-refractivity contribution is 8.00. The quantitative estimate of drug-likeness (QED) is 0.417. The molecule has 1 N–H and O–H groups in total. The van der Waals surface area contributed by atoms with Gasteiger partial charge in [-0.05, 0) is 43.5 Å². The van der Waals surface area contributed by atoms with E-state index in [0.29, 0.717) is 23.0 Å². The number of carbonyl (C=O) groups is 1. The van der Waals surface area contributed by atoms with E-state index < -0.39 is 5.25 Å². The van der Waals surface area contributed by atoms with Gasteiger partial charge in [0.25, 0.3) is 0 Å². The first-order chi connectivity index (χ1) is 15.9. The van der Waals surface area contributed by atoms with E-state index in [2.05, 4.69) is 15.5 Å². The van der Waals surface area contributed by atoms with Gasteiger partial charge in [0.2, 0.25) is 11.6 Å². The highest BCUT2D eigenvalue weighted by atomic mass is 32.2. The summed E-state index contributed by atoms with van der Waals surface area (Å²) < 4.78 is 8.47. The Morgan fingerprint density at radius 1 is 1.09 bits per heavy atom. The van der Waals surface area contributed by atoms with Gasteiger partial charge in [-0.15, -0.1) is 10.2 Å². The predicted molar refractivity (Wildman–Crippen MR) is 130 cm³/mol. The number of aromatic nitrogens is 4. The summed E-state index contributed by atoms with van der Waals surface area (Å²) in [5.74, 6) is 0.464. The molecule has 4 rings (SSSR count). The molecule has 170 valence electrons. The maximum absolute atomic E-state index is 13.1. The standard InChI is InChI=1S/C24H25N5O3S/c1-5-19(22(30)25-20-15(2)9-8-10-16(20)3)33-24-27-26-21-23(31)28(13-14-29(21)24)17-11-6-7-12-18(17)32-4/h6-14,19H,5H2,1-4H3,(H,25,30)/t19-/m0/s1. The Balaban J connectivity index is 1.63. The van der Waals surface area contributed by atoms with Crippen LogP contribution >= 0.6 is 11.8 Å². The first-order valence-corrected chi connectivity index (χ1v) is 11.5. The van der Waals surface area contributed by atoms with Gasteiger partial charge in [0.15, 0.2) is 5.16 Å². The first-order valence-electron chi connectivity index (χ1n) is 10.6. The number of amides is 1. The van der Waals surface area contributed by atoms with Gasteiger partial charge >= 0.3 is 5.56 Å². The largest absolute Gasteiger partial charge is 0.495 e. The molecule has 2 heterocycles. The van der Waals surface area contributed by atoms with Gasteiger partial charge in [0.05, 0.1) is 18.0 Å². The second-order valence-corrected chi connectivity index (χ2v) is 8.76. The van der Waals surface area contributed by atoms with Crippen molar-refractivity contribution in [2.45, 2.75) is 37.6 Å². The number of fused-ring (bicyclic) bond motifs is 1. The molecule has 0 bridgehead atoms. The predicted octanol–water partition coefficient (Wildman–Crippen LogP) is 4.02. The summed E-state index contributed by atoms with van der Waals surface area (Å²) >= 11 is 1.29. The molecule has 8 nitrogen and oxygen atoms in total. The number of benzene rings is 2. The van der Waals surface area contributed by atoms with Crippen LogP contribution in [0.1, 0.15) is 24.5 Å². The summed E-state index contributed by atoms with van der Waals surface area (Å²) in [5.41, 5.74) is 3.31. The topological polar surface area (TPSA) is 90.5 Å². The van der Waals surface area contributed by atoms with E-state index in [1.54, 1.807) is 36.0 Å². The monoisotopic (exact) mass is 463 g/mol. The Morgan fingerprint density at radius 3 is 2.52 bits per heavy atom. The fourth-order valence-electron chi connectivity index (χ4n) is 3.63. The van der Waals surface area contributed by atoms with Crippen LogP contribution in [0, 0.1) is 13.8 Å². The summed E-state index contributed by atoms with van der Waals surface area (Å²) in [6.45, 7) is 5.88. The number of aryl methyl sites for hydroxylation is 2. The van der Waals surface area contributed by atoms with E-state index in [9.17, 15) is 9.59 Å². The molecule has 4 aromatic rings. The van der Waals surface area contributed by atoms with Crippen LogP contribution in [0.3, 0.4) is 0 Å². The minimum absolute atomic E-state index is 0.112. The van der Waals surface area contributed by atoms with Crippen LogP contribution in [0.2, 0.25) is 0 Å². The van der Waals surface area contributed by atoms with E-state index in [1.807, 2.05) is 51.1 Å². The van der Waals surface area contributed by atoms with Crippen LogP contribution in [-0.4, -0.2) is 37.4 Å². The molecule has 0 spiro atoms. The highest BCUT2D eigenvalue weighted by Gasteiger charge is 2.23. The molecular formula is C24H25N5O3S. The van der Waals surface area contributed by atoms with Crippen molar-refractivity contribution in [3.63, 3.8) is 0 Å². The number of carbonyl (C=O) groups excluding carboxylic acids is 1. The lowest BCUT2D eigenvalue weighted by molar-refractivity contribution is -0.115. The van der Waals surface area contributed by atoms with Gasteiger partial charge in [-0.2, -0.15) is 0 Å². The molecule has 33 heavy (non-hydrogen) atoms. The van der Waals surface area contributed by atoms with Gasteiger partial charge in [-0.3, -0.25) is 18.6 Å². The van der Waals surface area contributed by atoms with Gasteiger partial charge < -0.3 is 10.1 Å². The van der Waals surface area contributed by atoms with E-state index in [0.717, 1.165) is 16.8 Å². The summed E-state index contributed by atoms with van der Waals surface area (Å²) in [4.78, 5) is 26.1. The fourth-order valence-corrected chi connectivity index (χ4v) is 4.57. The van der Waals surface area contributed by atoms with E-state index >= 15 is 0 Å². The Morgan fingerprint density at radius 2 is 1.82 bits per heavy atom. The summed E-state index contributed by atoms with van der Waals surface area (Å²) in [6, 6.07) is 13.2. The number of hydrogen-bond acceptors (Lipinski definition) is 6. The van der Waals surface area contributed by atoms with Crippen LogP contribution in [0.25, 0.3) is 11.3 Å².